The number of aromatic amines is 1. The fourth-order valence-electron chi connectivity index (χ4n) is 3.97. The molecule has 21 heavy (non-hydrogen) atoms. The average molecular weight is 283 g/mol. The van der Waals surface area contributed by atoms with E-state index in [1.54, 1.807) is 0 Å². The fourth-order valence-corrected chi connectivity index (χ4v) is 3.97. The summed E-state index contributed by atoms with van der Waals surface area (Å²) < 4.78 is 0. The Morgan fingerprint density at radius 1 is 1.24 bits per heavy atom. The molecular weight excluding hydrogens is 262 g/mol. The number of aromatic nitrogens is 1. The Kier molecular flexibility index (Phi) is 3.00. The zero-order valence-electron chi connectivity index (χ0n) is 12.3. The summed E-state index contributed by atoms with van der Waals surface area (Å²) in [6.07, 6.45) is 6.31. The number of nitrogens with one attached hydrogen (secondary N) is 2. The van der Waals surface area contributed by atoms with Crippen LogP contribution in [-0.4, -0.2) is 41.0 Å². The Labute approximate surface area is 124 Å². The second-order valence-corrected chi connectivity index (χ2v) is 6.41. The Hall–Kier alpha value is -1.81. The minimum Gasteiger partial charge on any atom is -0.366 e. The van der Waals surface area contributed by atoms with E-state index in [-0.39, 0.29) is 5.91 Å². The normalized spacial score (nSPS) is 31.5. The highest BCUT2D eigenvalue weighted by atomic mass is 16.1. The molecule has 2 atom stereocenters. The lowest BCUT2D eigenvalue weighted by Crippen LogP contribution is -2.62. The molecule has 3 saturated heterocycles. The number of fused-ring (bicyclic) bond motifs is 4. The second kappa shape index (κ2) is 4.88. The second-order valence-electron chi connectivity index (χ2n) is 6.41. The summed E-state index contributed by atoms with van der Waals surface area (Å²) in [6, 6.07) is 6.63. The molecule has 0 spiro atoms. The van der Waals surface area contributed by atoms with E-state index >= 15 is 0 Å². The van der Waals surface area contributed by atoms with Crippen LogP contribution in [0.5, 0.6) is 0 Å². The van der Waals surface area contributed by atoms with E-state index in [9.17, 15) is 4.79 Å². The van der Waals surface area contributed by atoms with Crippen LogP contribution in [-0.2, 0) is 0 Å². The molecule has 3 fully saturated rings. The van der Waals surface area contributed by atoms with Crippen LogP contribution < -0.4 is 5.32 Å². The fraction of sp³-hybridized carbons (Fsp3) is 0.471. The first kappa shape index (κ1) is 12.9. The Balaban J connectivity index is 1.54. The maximum Gasteiger partial charge on any atom is 0.251 e. The van der Waals surface area contributed by atoms with Gasteiger partial charge in [0.15, 0.2) is 0 Å². The van der Waals surface area contributed by atoms with Gasteiger partial charge >= 0.3 is 0 Å². The van der Waals surface area contributed by atoms with Gasteiger partial charge in [0.2, 0.25) is 0 Å². The average Bonchev–Trinajstić information content (AvgIpc) is 2.98. The molecule has 3 aliphatic rings. The molecule has 4 heterocycles. The number of benzene rings is 1. The SMILES string of the molecule is C[C@@H]1[C@H](NC(=O)c2ccc3c[nH]cc3c2)C2CCN1CC2. The Bertz CT molecular complexity index is 667. The van der Waals surface area contributed by atoms with E-state index in [1.807, 2.05) is 30.6 Å². The molecule has 4 nitrogen and oxygen atoms in total. The standard InChI is InChI=1S/C17H21N3O/c1-11-16(12-4-6-20(11)7-5-12)19-17(21)13-2-3-14-9-18-10-15(14)8-13/h2-3,8-12,16,18H,4-7H2,1H3,(H,19,21)/t11-,16+/m1/s1. The van der Waals surface area contributed by atoms with E-state index in [0.29, 0.717) is 18.0 Å². The van der Waals surface area contributed by atoms with Crippen LogP contribution in [0.2, 0.25) is 0 Å². The van der Waals surface area contributed by atoms with Crippen LogP contribution in [0, 0.1) is 5.92 Å². The van der Waals surface area contributed by atoms with Crippen molar-refractivity contribution >= 4 is 16.7 Å². The third-order valence-electron chi connectivity index (χ3n) is 5.30. The quantitative estimate of drug-likeness (QED) is 0.889. The van der Waals surface area contributed by atoms with Crippen molar-refractivity contribution in [3.05, 3.63) is 36.2 Å². The van der Waals surface area contributed by atoms with Crippen molar-refractivity contribution in [2.45, 2.75) is 31.8 Å². The van der Waals surface area contributed by atoms with Gasteiger partial charge in [-0.25, -0.2) is 0 Å². The smallest absolute Gasteiger partial charge is 0.251 e. The lowest BCUT2D eigenvalue weighted by molar-refractivity contribution is 0.0217. The van der Waals surface area contributed by atoms with Gasteiger partial charge < -0.3 is 10.3 Å². The number of amides is 1. The molecule has 2 bridgehead atoms. The van der Waals surface area contributed by atoms with Crippen molar-refractivity contribution in [2.75, 3.05) is 13.1 Å². The summed E-state index contributed by atoms with van der Waals surface area (Å²) in [6.45, 7) is 4.62. The predicted molar refractivity (Wildman–Crippen MR) is 83.3 cm³/mol. The monoisotopic (exact) mass is 283 g/mol. The van der Waals surface area contributed by atoms with Crippen molar-refractivity contribution < 1.29 is 4.79 Å². The van der Waals surface area contributed by atoms with Gasteiger partial charge in [-0.2, -0.15) is 0 Å². The van der Waals surface area contributed by atoms with Crippen molar-refractivity contribution in [3.8, 4) is 0 Å². The highest BCUT2D eigenvalue weighted by molar-refractivity contribution is 5.98. The number of hydrogen-bond donors (Lipinski definition) is 2. The molecule has 3 aliphatic heterocycles. The van der Waals surface area contributed by atoms with Crippen LogP contribution in [0.15, 0.2) is 30.6 Å². The Morgan fingerprint density at radius 3 is 2.76 bits per heavy atom. The first-order valence-corrected chi connectivity index (χ1v) is 7.84. The zero-order chi connectivity index (χ0) is 14.4. The van der Waals surface area contributed by atoms with Crippen LogP contribution in [0.1, 0.15) is 30.1 Å². The van der Waals surface area contributed by atoms with Crippen LogP contribution in [0.25, 0.3) is 10.8 Å². The summed E-state index contributed by atoms with van der Waals surface area (Å²) in [7, 11) is 0. The van der Waals surface area contributed by atoms with Gasteiger partial charge in [-0.3, -0.25) is 9.69 Å². The van der Waals surface area contributed by atoms with E-state index in [2.05, 4.69) is 22.1 Å². The molecule has 1 amide bonds. The largest absolute Gasteiger partial charge is 0.366 e. The third kappa shape index (κ3) is 2.14. The topological polar surface area (TPSA) is 48.1 Å². The van der Waals surface area contributed by atoms with Crippen molar-refractivity contribution in [2.24, 2.45) is 5.92 Å². The number of H-pyrrole nitrogens is 1. The number of piperidine rings is 3. The molecule has 2 N–H and O–H groups in total. The molecule has 0 unspecified atom stereocenters. The molecule has 0 saturated carbocycles. The van der Waals surface area contributed by atoms with E-state index in [1.165, 1.54) is 25.9 Å². The molecule has 2 aromatic rings. The summed E-state index contributed by atoms with van der Waals surface area (Å²) in [5.74, 6) is 0.702. The predicted octanol–water partition coefficient (Wildman–Crippen LogP) is 2.38. The highest BCUT2D eigenvalue weighted by Gasteiger charge is 2.40. The van der Waals surface area contributed by atoms with Crippen molar-refractivity contribution in [3.63, 3.8) is 0 Å². The van der Waals surface area contributed by atoms with Gasteiger partial charge in [-0.1, -0.05) is 6.07 Å². The van der Waals surface area contributed by atoms with Crippen LogP contribution in [0.3, 0.4) is 0 Å². The molecule has 0 aliphatic carbocycles. The van der Waals surface area contributed by atoms with Crippen molar-refractivity contribution in [1.29, 1.82) is 0 Å². The molecule has 1 aromatic heterocycles. The lowest BCUT2D eigenvalue weighted by Gasteiger charge is -2.49. The summed E-state index contributed by atoms with van der Waals surface area (Å²) in [4.78, 5) is 18.1. The zero-order valence-corrected chi connectivity index (χ0v) is 12.3. The van der Waals surface area contributed by atoms with Crippen LogP contribution >= 0.6 is 0 Å². The number of carbonyl (C=O) groups excluding carboxylic acids is 1. The lowest BCUT2D eigenvalue weighted by atomic mass is 9.79. The third-order valence-corrected chi connectivity index (χ3v) is 5.30. The maximum absolute atomic E-state index is 12.6. The number of rotatable bonds is 2. The highest BCUT2D eigenvalue weighted by Crippen LogP contribution is 2.32. The number of hydrogen-bond acceptors (Lipinski definition) is 2. The first-order chi connectivity index (χ1) is 10.2. The van der Waals surface area contributed by atoms with E-state index in [4.69, 9.17) is 0 Å². The molecular formula is C17H21N3O. The van der Waals surface area contributed by atoms with E-state index in [0.717, 1.165) is 16.3 Å². The summed E-state index contributed by atoms with van der Waals surface area (Å²) in [5, 5.41) is 5.51. The van der Waals surface area contributed by atoms with Crippen LogP contribution in [0.4, 0.5) is 0 Å². The minimum absolute atomic E-state index is 0.0590. The summed E-state index contributed by atoms with van der Waals surface area (Å²) >= 11 is 0. The number of nitrogens with zero attached hydrogens (tertiary/aromatic N) is 1. The molecule has 110 valence electrons. The van der Waals surface area contributed by atoms with Gasteiger partial charge in [-0.05, 0) is 61.7 Å². The number of carbonyl (C=O) groups is 1. The van der Waals surface area contributed by atoms with E-state index < -0.39 is 0 Å². The first-order valence-electron chi connectivity index (χ1n) is 7.84. The van der Waals surface area contributed by atoms with Gasteiger partial charge in [0.25, 0.3) is 5.91 Å². The maximum atomic E-state index is 12.6. The summed E-state index contributed by atoms with van der Waals surface area (Å²) in [5.41, 5.74) is 0.755. The molecule has 4 heteroatoms. The molecule has 5 rings (SSSR count). The van der Waals surface area contributed by atoms with Gasteiger partial charge in [-0.15, -0.1) is 0 Å². The van der Waals surface area contributed by atoms with Gasteiger partial charge in [0, 0.05) is 30.0 Å². The van der Waals surface area contributed by atoms with Gasteiger partial charge in [0.1, 0.15) is 0 Å². The molecule has 0 radical (unpaired) electrons. The Morgan fingerprint density at radius 2 is 2.00 bits per heavy atom. The molecule has 1 aromatic carbocycles. The van der Waals surface area contributed by atoms with Gasteiger partial charge in [0.05, 0.1) is 0 Å². The van der Waals surface area contributed by atoms with Crippen molar-refractivity contribution in [1.82, 2.24) is 15.2 Å². The minimum atomic E-state index is 0.0590.